The molecule has 0 bridgehead atoms. The van der Waals surface area contributed by atoms with Gasteiger partial charge in [-0.25, -0.2) is 4.98 Å². The Hall–Kier alpha value is -1.68. The summed E-state index contributed by atoms with van der Waals surface area (Å²) in [6.45, 7) is 2.13. The highest BCUT2D eigenvalue weighted by molar-refractivity contribution is 5.77. The fraction of sp³-hybridized carbons (Fsp3) is 0.429. The molecule has 2 heterocycles. The lowest BCUT2D eigenvalue weighted by molar-refractivity contribution is 0.371. The smallest absolute Gasteiger partial charge is 0.258 e. The SMILES string of the molecule is O=c1[nH]c(CC2CCCNC2)nc2ccccc12. The predicted octanol–water partition coefficient (Wildman–Crippen LogP) is 1.47. The van der Waals surface area contributed by atoms with Crippen molar-refractivity contribution in [2.75, 3.05) is 13.1 Å². The molecule has 1 saturated heterocycles. The molecule has 4 heteroatoms. The van der Waals surface area contributed by atoms with Crippen LogP contribution >= 0.6 is 0 Å². The first kappa shape index (κ1) is 11.4. The number of rotatable bonds is 2. The normalized spacial score (nSPS) is 20.1. The Labute approximate surface area is 105 Å². The Kier molecular flexibility index (Phi) is 3.11. The Morgan fingerprint density at radius 3 is 3.06 bits per heavy atom. The molecule has 0 amide bonds. The van der Waals surface area contributed by atoms with E-state index in [-0.39, 0.29) is 5.56 Å². The molecule has 18 heavy (non-hydrogen) atoms. The van der Waals surface area contributed by atoms with Gasteiger partial charge in [-0.1, -0.05) is 12.1 Å². The first-order valence-electron chi connectivity index (χ1n) is 6.51. The number of H-pyrrole nitrogens is 1. The van der Waals surface area contributed by atoms with Crippen molar-refractivity contribution in [2.24, 2.45) is 5.92 Å². The van der Waals surface area contributed by atoms with E-state index in [1.807, 2.05) is 24.3 Å². The highest BCUT2D eigenvalue weighted by atomic mass is 16.1. The van der Waals surface area contributed by atoms with Crippen molar-refractivity contribution in [2.45, 2.75) is 19.3 Å². The molecule has 0 aliphatic carbocycles. The third kappa shape index (κ3) is 2.29. The number of para-hydroxylation sites is 1. The van der Waals surface area contributed by atoms with Crippen LogP contribution in [0.4, 0.5) is 0 Å². The quantitative estimate of drug-likeness (QED) is 0.839. The van der Waals surface area contributed by atoms with Gasteiger partial charge in [0, 0.05) is 6.42 Å². The van der Waals surface area contributed by atoms with Gasteiger partial charge in [-0.05, 0) is 44.0 Å². The van der Waals surface area contributed by atoms with Gasteiger partial charge in [0.2, 0.25) is 0 Å². The zero-order chi connectivity index (χ0) is 12.4. The molecule has 1 unspecified atom stereocenters. The molecule has 0 spiro atoms. The van der Waals surface area contributed by atoms with Crippen LogP contribution in [0.2, 0.25) is 0 Å². The van der Waals surface area contributed by atoms with Gasteiger partial charge < -0.3 is 10.3 Å². The Morgan fingerprint density at radius 1 is 1.33 bits per heavy atom. The summed E-state index contributed by atoms with van der Waals surface area (Å²) in [6, 6.07) is 7.49. The Morgan fingerprint density at radius 2 is 2.22 bits per heavy atom. The van der Waals surface area contributed by atoms with Crippen molar-refractivity contribution in [3.05, 3.63) is 40.4 Å². The van der Waals surface area contributed by atoms with Gasteiger partial charge in [-0.2, -0.15) is 0 Å². The van der Waals surface area contributed by atoms with Crippen LogP contribution in [0.25, 0.3) is 10.9 Å². The van der Waals surface area contributed by atoms with Gasteiger partial charge in [0.15, 0.2) is 0 Å². The zero-order valence-electron chi connectivity index (χ0n) is 10.3. The number of hydrogen-bond donors (Lipinski definition) is 2. The summed E-state index contributed by atoms with van der Waals surface area (Å²) in [5, 5.41) is 4.06. The van der Waals surface area contributed by atoms with Gasteiger partial charge in [0.1, 0.15) is 5.82 Å². The monoisotopic (exact) mass is 243 g/mol. The molecule has 1 aromatic heterocycles. The van der Waals surface area contributed by atoms with E-state index in [0.717, 1.165) is 30.9 Å². The fourth-order valence-electron chi connectivity index (χ4n) is 2.60. The number of fused-ring (bicyclic) bond motifs is 1. The summed E-state index contributed by atoms with van der Waals surface area (Å²) in [7, 11) is 0. The summed E-state index contributed by atoms with van der Waals surface area (Å²) >= 11 is 0. The van der Waals surface area contributed by atoms with Crippen LogP contribution in [0, 0.1) is 5.92 Å². The molecule has 2 aromatic rings. The summed E-state index contributed by atoms with van der Waals surface area (Å²) < 4.78 is 0. The minimum Gasteiger partial charge on any atom is -0.316 e. The van der Waals surface area contributed by atoms with Gasteiger partial charge in [-0.3, -0.25) is 4.79 Å². The lowest BCUT2D eigenvalue weighted by Crippen LogP contribution is -2.31. The van der Waals surface area contributed by atoms with Crippen LogP contribution in [-0.4, -0.2) is 23.1 Å². The van der Waals surface area contributed by atoms with Crippen LogP contribution in [0.15, 0.2) is 29.1 Å². The van der Waals surface area contributed by atoms with Crippen LogP contribution in [-0.2, 0) is 6.42 Å². The second kappa shape index (κ2) is 4.90. The lowest BCUT2D eigenvalue weighted by Gasteiger charge is -2.22. The molecule has 94 valence electrons. The van der Waals surface area contributed by atoms with Gasteiger partial charge >= 0.3 is 0 Å². The second-order valence-corrected chi connectivity index (χ2v) is 4.95. The highest BCUT2D eigenvalue weighted by Gasteiger charge is 2.15. The van der Waals surface area contributed by atoms with E-state index < -0.39 is 0 Å². The van der Waals surface area contributed by atoms with Gasteiger partial charge in [0.05, 0.1) is 10.9 Å². The van der Waals surface area contributed by atoms with Crippen molar-refractivity contribution >= 4 is 10.9 Å². The van der Waals surface area contributed by atoms with Crippen LogP contribution in [0.3, 0.4) is 0 Å². The molecule has 3 rings (SSSR count). The number of hydrogen-bond acceptors (Lipinski definition) is 3. The third-order valence-corrected chi connectivity index (χ3v) is 3.54. The molecule has 0 saturated carbocycles. The lowest BCUT2D eigenvalue weighted by atomic mass is 9.96. The molecule has 4 nitrogen and oxygen atoms in total. The minimum atomic E-state index is -0.0284. The summed E-state index contributed by atoms with van der Waals surface area (Å²) in [5.41, 5.74) is 0.763. The minimum absolute atomic E-state index is 0.0284. The number of piperidine rings is 1. The topological polar surface area (TPSA) is 57.8 Å². The van der Waals surface area contributed by atoms with Crippen LogP contribution < -0.4 is 10.9 Å². The number of aromatic amines is 1. The van der Waals surface area contributed by atoms with Crippen molar-refractivity contribution in [3.63, 3.8) is 0 Å². The van der Waals surface area contributed by atoms with Crippen molar-refractivity contribution in [1.82, 2.24) is 15.3 Å². The van der Waals surface area contributed by atoms with E-state index in [4.69, 9.17) is 0 Å². The summed E-state index contributed by atoms with van der Waals surface area (Å²) in [6.07, 6.45) is 3.28. The molecule has 1 atom stereocenters. The fourth-order valence-corrected chi connectivity index (χ4v) is 2.60. The van der Waals surface area contributed by atoms with Crippen LogP contribution in [0.1, 0.15) is 18.7 Å². The maximum atomic E-state index is 11.9. The molecule has 0 radical (unpaired) electrons. The Balaban J connectivity index is 1.90. The van der Waals surface area contributed by atoms with Crippen molar-refractivity contribution in [1.29, 1.82) is 0 Å². The highest BCUT2D eigenvalue weighted by Crippen LogP contribution is 2.15. The molecular weight excluding hydrogens is 226 g/mol. The molecule has 1 aliphatic heterocycles. The molecular formula is C14H17N3O. The first-order valence-corrected chi connectivity index (χ1v) is 6.51. The maximum Gasteiger partial charge on any atom is 0.258 e. The summed E-state index contributed by atoms with van der Waals surface area (Å²) in [5.74, 6) is 1.40. The maximum absolute atomic E-state index is 11.9. The standard InChI is InChI=1S/C14H17N3O/c18-14-11-5-1-2-6-12(11)16-13(17-14)8-10-4-3-7-15-9-10/h1-2,5-6,10,15H,3-4,7-9H2,(H,16,17,18). The predicted molar refractivity (Wildman–Crippen MR) is 71.7 cm³/mol. The van der Waals surface area contributed by atoms with E-state index in [2.05, 4.69) is 15.3 Å². The molecule has 2 N–H and O–H groups in total. The van der Waals surface area contributed by atoms with E-state index in [1.54, 1.807) is 0 Å². The Bertz CT molecular complexity index is 599. The van der Waals surface area contributed by atoms with Gasteiger partial charge in [0.25, 0.3) is 5.56 Å². The second-order valence-electron chi connectivity index (χ2n) is 4.95. The van der Waals surface area contributed by atoms with E-state index in [1.165, 1.54) is 12.8 Å². The molecule has 1 aromatic carbocycles. The average Bonchev–Trinajstić information content (AvgIpc) is 2.40. The number of benzene rings is 1. The van der Waals surface area contributed by atoms with Crippen molar-refractivity contribution < 1.29 is 0 Å². The average molecular weight is 243 g/mol. The number of nitrogens with zero attached hydrogens (tertiary/aromatic N) is 1. The van der Waals surface area contributed by atoms with E-state index >= 15 is 0 Å². The number of aromatic nitrogens is 2. The van der Waals surface area contributed by atoms with E-state index in [0.29, 0.717) is 11.3 Å². The summed E-state index contributed by atoms with van der Waals surface area (Å²) in [4.78, 5) is 19.4. The third-order valence-electron chi connectivity index (χ3n) is 3.54. The first-order chi connectivity index (χ1) is 8.83. The number of nitrogens with one attached hydrogen (secondary N) is 2. The zero-order valence-corrected chi connectivity index (χ0v) is 10.3. The molecule has 1 aliphatic rings. The van der Waals surface area contributed by atoms with Crippen LogP contribution in [0.5, 0.6) is 0 Å². The van der Waals surface area contributed by atoms with Crippen molar-refractivity contribution in [3.8, 4) is 0 Å². The largest absolute Gasteiger partial charge is 0.316 e. The molecule has 1 fully saturated rings. The van der Waals surface area contributed by atoms with Gasteiger partial charge in [-0.15, -0.1) is 0 Å². The van der Waals surface area contributed by atoms with E-state index in [9.17, 15) is 4.79 Å².